The molecule has 2 N–H and O–H groups in total. The number of hydrogen-bond donors (Lipinski definition) is 2. The van der Waals surface area contributed by atoms with Gasteiger partial charge in [-0.15, -0.1) is 0 Å². The maximum atomic E-state index is 12.7. The fraction of sp³-hybridized carbons (Fsp3) is 0.174. The van der Waals surface area contributed by atoms with Crippen molar-refractivity contribution in [2.45, 2.75) is 31.8 Å². The number of aryl methyl sites for hydroxylation is 2. The molecule has 6 nitrogen and oxygen atoms in total. The number of halogens is 2. The zero-order chi connectivity index (χ0) is 23.5. The summed E-state index contributed by atoms with van der Waals surface area (Å²) in [5.41, 5.74) is 2.83. The Morgan fingerprint density at radius 2 is 1.53 bits per heavy atom. The summed E-state index contributed by atoms with van der Waals surface area (Å²) in [7, 11) is -3.77. The summed E-state index contributed by atoms with van der Waals surface area (Å²) >= 11 is 11.9. The molecule has 3 aromatic carbocycles. The van der Waals surface area contributed by atoms with Crippen molar-refractivity contribution in [3.8, 4) is 5.75 Å². The molecule has 3 rings (SSSR count). The largest absolute Gasteiger partial charge is 0.479 e. The maximum Gasteiger partial charge on any atom is 0.265 e. The minimum absolute atomic E-state index is 0.0758. The van der Waals surface area contributed by atoms with Gasteiger partial charge >= 0.3 is 0 Å². The van der Waals surface area contributed by atoms with E-state index in [2.05, 4.69) is 10.0 Å². The van der Waals surface area contributed by atoms with Gasteiger partial charge < -0.3 is 10.1 Å². The van der Waals surface area contributed by atoms with Gasteiger partial charge in [0.25, 0.3) is 15.9 Å². The third-order valence-electron chi connectivity index (χ3n) is 4.47. The number of ether oxygens (including phenoxy) is 1. The van der Waals surface area contributed by atoms with Crippen LogP contribution in [0, 0.1) is 13.8 Å². The van der Waals surface area contributed by atoms with Gasteiger partial charge in [-0.2, -0.15) is 0 Å². The molecule has 0 aromatic heterocycles. The Hall–Kier alpha value is -2.74. The molecule has 1 unspecified atom stereocenters. The first-order chi connectivity index (χ1) is 15.0. The summed E-state index contributed by atoms with van der Waals surface area (Å²) in [5, 5.41) is 3.44. The summed E-state index contributed by atoms with van der Waals surface area (Å²) in [4.78, 5) is 12.5. The molecular formula is C23H22Cl2N2O4S. The summed E-state index contributed by atoms with van der Waals surface area (Å²) < 4.78 is 33.5. The zero-order valence-electron chi connectivity index (χ0n) is 17.6. The Kier molecular flexibility index (Phi) is 7.33. The highest BCUT2D eigenvalue weighted by atomic mass is 35.5. The second kappa shape index (κ2) is 9.81. The molecule has 0 bridgehead atoms. The predicted octanol–water partition coefficient (Wildman–Crippen LogP) is 5.82. The lowest BCUT2D eigenvalue weighted by molar-refractivity contribution is -0.122. The molecule has 0 spiro atoms. The molecule has 32 heavy (non-hydrogen) atoms. The molecule has 0 aliphatic rings. The molecule has 0 saturated heterocycles. The van der Waals surface area contributed by atoms with Crippen molar-refractivity contribution in [1.29, 1.82) is 0 Å². The van der Waals surface area contributed by atoms with E-state index in [1.165, 1.54) is 30.3 Å². The van der Waals surface area contributed by atoms with Gasteiger partial charge in [0.1, 0.15) is 5.75 Å². The van der Waals surface area contributed by atoms with Crippen molar-refractivity contribution in [3.63, 3.8) is 0 Å². The van der Waals surface area contributed by atoms with Crippen LogP contribution in [0.4, 0.5) is 11.4 Å². The van der Waals surface area contributed by atoms with E-state index < -0.39 is 22.0 Å². The summed E-state index contributed by atoms with van der Waals surface area (Å²) in [5.74, 6) is -0.0856. The van der Waals surface area contributed by atoms with Crippen LogP contribution in [0.2, 0.25) is 10.0 Å². The zero-order valence-corrected chi connectivity index (χ0v) is 20.0. The molecule has 3 aromatic rings. The second-order valence-electron chi connectivity index (χ2n) is 7.33. The highest BCUT2D eigenvalue weighted by Gasteiger charge is 2.18. The average molecular weight is 493 g/mol. The number of sulfonamides is 1. The van der Waals surface area contributed by atoms with E-state index in [1.54, 1.807) is 31.2 Å². The Labute approximate surface area is 197 Å². The van der Waals surface area contributed by atoms with Gasteiger partial charge in [0.15, 0.2) is 6.10 Å². The number of carbonyl (C=O) groups excluding carboxylic acids is 1. The SMILES string of the molecule is Cc1cc(C)cc(NS(=O)(=O)c2ccc(NC(=O)C(C)Oc3ccc(Cl)cc3Cl)cc2)c1. The van der Waals surface area contributed by atoms with E-state index in [0.717, 1.165) is 11.1 Å². The molecule has 9 heteroatoms. The van der Waals surface area contributed by atoms with Crippen LogP contribution in [0.25, 0.3) is 0 Å². The molecule has 0 fully saturated rings. The van der Waals surface area contributed by atoms with Gasteiger partial charge in [-0.05, 0) is 86.5 Å². The summed E-state index contributed by atoms with van der Waals surface area (Å²) in [6, 6.07) is 16.0. The van der Waals surface area contributed by atoms with E-state index in [4.69, 9.17) is 27.9 Å². The van der Waals surface area contributed by atoms with Crippen LogP contribution >= 0.6 is 23.2 Å². The van der Waals surface area contributed by atoms with E-state index in [0.29, 0.717) is 27.2 Å². The molecule has 1 amide bonds. The third-order valence-corrected chi connectivity index (χ3v) is 6.40. The second-order valence-corrected chi connectivity index (χ2v) is 9.86. The van der Waals surface area contributed by atoms with Crippen LogP contribution in [0.1, 0.15) is 18.1 Å². The monoisotopic (exact) mass is 492 g/mol. The van der Waals surface area contributed by atoms with Gasteiger partial charge in [-0.1, -0.05) is 29.3 Å². The first kappa shape index (κ1) is 23.9. The van der Waals surface area contributed by atoms with E-state index in [-0.39, 0.29) is 4.90 Å². The lowest BCUT2D eigenvalue weighted by atomic mass is 10.1. The van der Waals surface area contributed by atoms with Crippen LogP contribution in [0.15, 0.2) is 65.6 Å². The van der Waals surface area contributed by atoms with Gasteiger partial charge in [0.05, 0.1) is 9.92 Å². The lowest BCUT2D eigenvalue weighted by Gasteiger charge is -2.16. The molecule has 0 saturated carbocycles. The number of anilines is 2. The quantitative estimate of drug-likeness (QED) is 0.435. The minimum Gasteiger partial charge on any atom is -0.479 e. The standard InChI is InChI=1S/C23H22Cl2N2O4S/c1-14-10-15(2)12-19(11-14)27-32(29,30)20-7-5-18(6-8-20)26-23(28)16(3)31-22-9-4-17(24)13-21(22)25/h4-13,16,27H,1-3H3,(H,26,28). The summed E-state index contributed by atoms with van der Waals surface area (Å²) in [6.45, 7) is 5.37. The Morgan fingerprint density at radius 1 is 0.906 bits per heavy atom. The number of amides is 1. The molecule has 0 heterocycles. The highest BCUT2D eigenvalue weighted by molar-refractivity contribution is 7.92. The fourth-order valence-electron chi connectivity index (χ4n) is 3.02. The highest BCUT2D eigenvalue weighted by Crippen LogP contribution is 2.28. The van der Waals surface area contributed by atoms with Crippen molar-refractivity contribution in [1.82, 2.24) is 0 Å². The van der Waals surface area contributed by atoms with Gasteiger partial charge in [0, 0.05) is 16.4 Å². The number of benzene rings is 3. The van der Waals surface area contributed by atoms with Gasteiger partial charge in [-0.3, -0.25) is 9.52 Å². The Morgan fingerprint density at radius 3 is 2.12 bits per heavy atom. The van der Waals surface area contributed by atoms with Gasteiger partial charge in [-0.25, -0.2) is 8.42 Å². The van der Waals surface area contributed by atoms with Crippen molar-refractivity contribution in [2.24, 2.45) is 0 Å². The van der Waals surface area contributed by atoms with Crippen molar-refractivity contribution >= 4 is 50.5 Å². The van der Waals surface area contributed by atoms with Crippen LogP contribution in [-0.2, 0) is 14.8 Å². The van der Waals surface area contributed by atoms with Gasteiger partial charge in [0.2, 0.25) is 0 Å². The van der Waals surface area contributed by atoms with Crippen LogP contribution < -0.4 is 14.8 Å². The minimum atomic E-state index is -3.77. The fourth-order valence-corrected chi connectivity index (χ4v) is 4.52. The number of rotatable bonds is 7. The van der Waals surface area contributed by atoms with Crippen molar-refractivity contribution in [2.75, 3.05) is 10.0 Å². The topological polar surface area (TPSA) is 84.5 Å². The molecule has 1 atom stereocenters. The molecule has 0 aliphatic heterocycles. The maximum absolute atomic E-state index is 12.7. The first-order valence-electron chi connectivity index (χ1n) is 9.67. The van der Waals surface area contributed by atoms with Crippen LogP contribution in [0.5, 0.6) is 5.75 Å². The molecule has 0 aliphatic carbocycles. The molecule has 0 radical (unpaired) electrons. The number of nitrogens with one attached hydrogen (secondary N) is 2. The number of hydrogen-bond acceptors (Lipinski definition) is 4. The number of carbonyl (C=O) groups is 1. The molecular weight excluding hydrogens is 471 g/mol. The Balaban J connectivity index is 1.66. The first-order valence-corrected chi connectivity index (χ1v) is 11.9. The van der Waals surface area contributed by atoms with E-state index in [1.807, 2.05) is 19.9 Å². The van der Waals surface area contributed by atoms with Crippen LogP contribution in [0.3, 0.4) is 0 Å². The molecule has 168 valence electrons. The Bertz CT molecular complexity index is 1230. The van der Waals surface area contributed by atoms with Crippen molar-refractivity contribution in [3.05, 3.63) is 81.8 Å². The van der Waals surface area contributed by atoms with E-state index in [9.17, 15) is 13.2 Å². The smallest absolute Gasteiger partial charge is 0.265 e. The third kappa shape index (κ3) is 6.16. The lowest BCUT2D eigenvalue weighted by Crippen LogP contribution is -2.30. The van der Waals surface area contributed by atoms with Crippen LogP contribution in [-0.4, -0.2) is 20.4 Å². The normalized spacial score (nSPS) is 12.2. The van der Waals surface area contributed by atoms with E-state index >= 15 is 0 Å². The van der Waals surface area contributed by atoms with Crippen molar-refractivity contribution < 1.29 is 17.9 Å². The average Bonchev–Trinajstić information content (AvgIpc) is 2.69. The summed E-state index contributed by atoms with van der Waals surface area (Å²) in [6.07, 6.45) is -0.844. The predicted molar refractivity (Wildman–Crippen MR) is 128 cm³/mol.